The fraction of sp³-hybridized carbons (Fsp3) is 0.800. The summed E-state index contributed by atoms with van der Waals surface area (Å²) in [6, 6.07) is 0.636. The smallest absolute Gasteiger partial charge is 0.0713 e. The number of ether oxygens (including phenoxy) is 1. The van der Waals surface area contributed by atoms with Gasteiger partial charge in [0.05, 0.1) is 6.10 Å². The van der Waals surface area contributed by atoms with Gasteiger partial charge < -0.3 is 9.64 Å². The molecule has 1 fully saturated rings. The average molecular weight is 199 g/mol. The number of likely N-dealkylation sites (N-methyl/N-ethyl adjacent to an activating group) is 1. The minimum atomic E-state index is -0.209. The molecule has 0 saturated carbocycles. The third-order valence-corrected chi connectivity index (χ3v) is 4.10. The van der Waals surface area contributed by atoms with E-state index in [0.717, 1.165) is 19.1 Å². The molecule has 0 aliphatic carbocycles. The van der Waals surface area contributed by atoms with Crippen molar-refractivity contribution in [1.82, 2.24) is 4.90 Å². The van der Waals surface area contributed by atoms with E-state index in [0.29, 0.717) is 12.1 Å². The Morgan fingerprint density at radius 3 is 2.85 bits per heavy atom. The van der Waals surface area contributed by atoms with Crippen molar-refractivity contribution in [2.75, 3.05) is 33.5 Å². The highest BCUT2D eigenvalue weighted by atomic mass is 31.1. The lowest BCUT2D eigenvalue weighted by atomic mass is 10.2. The van der Waals surface area contributed by atoms with Crippen LogP contribution in [0.25, 0.3) is 0 Å². The van der Waals surface area contributed by atoms with Crippen LogP contribution in [0.5, 0.6) is 0 Å². The molecule has 0 aromatic carbocycles. The molecule has 3 unspecified atom stereocenters. The van der Waals surface area contributed by atoms with Crippen LogP contribution in [0.2, 0.25) is 0 Å². The van der Waals surface area contributed by atoms with Crippen LogP contribution in [0.1, 0.15) is 6.42 Å². The molecule has 1 aliphatic heterocycles. The second kappa shape index (κ2) is 4.96. The second-order valence-electron chi connectivity index (χ2n) is 3.70. The quantitative estimate of drug-likeness (QED) is 0.503. The van der Waals surface area contributed by atoms with Crippen molar-refractivity contribution in [2.45, 2.75) is 18.6 Å². The van der Waals surface area contributed by atoms with Crippen molar-refractivity contribution in [3.63, 3.8) is 0 Å². The van der Waals surface area contributed by atoms with Crippen LogP contribution in [-0.4, -0.2) is 50.6 Å². The zero-order valence-corrected chi connectivity index (χ0v) is 9.55. The molecule has 2 nitrogen and oxygen atoms in total. The minimum Gasteiger partial charge on any atom is -0.380 e. The van der Waals surface area contributed by atoms with E-state index in [1.807, 2.05) is 0 Å². The first kappa shape index (κ1) is 11.0. The van der Waals surface area contributed by atoms with Crippen molar-refractivity contribution in [2.24, 2.45) is 0 Å². The Kier molecular flexibility index (Phi) is 4.19. The molecule has 0 N–H and O–H groups in total. The van der Waals surface area contributed by atoms with Gasteiger partial charge in [-0.3, -0.25) is 0 Å². The molecule has 13 heavy (non-hydrogen) atoms. The summed E-state index contributed by atoms with van der Waals surface area (Å²) in [5.74, 6) is 0. The first-order valence-electron chi connectivity index (χ1n) is 4.57. The van der Waals surface area contributed by atoms with E-state index >= 15 is 0 Å². The first-order chi connectivity index (χ1) is 6.17. The predicted molar refractivity (Wildman–Crippen MR) is 58.4 cm³/mol. The molecule has 3 atom stereocenters. The van der Waals surface area contributed by atoms with Gasteiger partial charge in [0, 0.05) is 19.7 Å². The van der Waals surface area contributed by atoms with Gasteiger partial charge in [-0.2, -0.15) is 0 Å². The Labute approximate surface area is 82.4 Å². The van der Waals surface area contributed by atoms with E-state index in [2.05, 4.69) is 24.3 Å². The van der Waals surface area contributed by atoms with Gasteiger partial charge >= 0.3 is 0 Å². The van der Waals surface area contributed by atoms with Gasteiger partial charge in [-0.1, -0.05) is 5.66 Å². The first-order valence-corrected chi connectivity index (χ1v) is 6.55. The number of hydrogen-bond acceptors (Lipinski definition) is 2. The van der Waals surface area contributed by atoms with Gasteiger partial charge in [-0.15, -0.1) is 6.42 Å². The highest BCUT2D eigenvalue weighted by Crippen LogP contribution is 2.33. The van der Waals surface area contributed by atoms with Crippen LogP contribution >= 0.6 is 7.92 Å². The second-order valence-corrected chi connectivity index (χ2v) is 5.72. The van der Waals surface area contributed by atoms with Gasteiger partial charge in [0.25, 0.3) is 0 Å². The Bertz CT molecular complexity index is 202. The van der Waals surface area contributed by atoms with E-state index in [-0.39, 0.29) is 7.92 Å². The normalized spacial score (nSPS) is 31.5. The highest BCUT2D eigenvalue weighted by Gasteiger charge is 2.29. The van der Waals surface area contributed by atoms with Gasteiger partial charge in [-0.25, -0.2) is 0 Å². The fourth-order valence-corrected chi connectivity index (χ4v) is 2.95. The largest absolute Gasteiger partial charge is 0.380 e. The van der Waals surface area contributed by atoms with Crippen LogP contribution in [0.15, 0.2) is 0 Å². The lowest BCUT2D eigenvalue weighted by Crippen LogP contribution is -2.27. The van der Waals surface area contributed by atoms with Crippen molar-refractivity contribution in [3.05, 3.63) is 0 Å². The fourth-order valence-electron chi connectivity index (χ4n) is 1.78. The van der Waals surface area contributed by atoms with Crippen LogP contribution in [-0.2, 0) is 4.74 Å². The molecule has 0 amide bonds. The lowest BCUT2D eigenvalue weighted by molar-refractivity contribution is 0.111. The van der Waals surface area contributed by atoms with Crippen LogP contribution in [0.3, 0.4) is 0 Å². The molecular formula is C10H18NOP. The number of terminal acetylenes is 1. The van der Waals surface area contributed by atoms with E-state index in [1.165, 1.54) is 0 Å². The van der Waals surface area contributed by atoms with Gasteiger partial charge in [0.2, 0.25) is 0 Å². The maximum atomic E-state index is 5.39. The molecular weight excluding hydrogens is 181 g/mol. The summed E-state index contributed by atoms with van der Waals surface area (Å²) in [7, 11) is 3.74. The van der Waals surface area contributed by atoms with E-state index < -0.39 is 0 Å². The molecule has 74 valence electrons. The molecule has 3 heteroatoms. The van der Waals surface area contributed by atoms with Gasteiger partial charge in [-0.05, 0) is 34.2 Å². The van der Waals surface area contributed by atoms with Crippen LogP contribution in [0, 0.1) is 12.1 Å². The third kappa shape index (κ3) is 2.95. The summed E-state index contributed by atoms with van der Waals surface area (Å²) >= 11 is 0. The maximum Gasteiger partial charge on any atom is 0.0713 e. The predicted octanol–water partition coefficient (Wildman–Crippen LogP) is 1.41. The Hall–Kier alpha value is -0.0900. The molecule has 0 aromatic heterocycles. The summed E-state index contributed by atoms with van der Waals surface area (Å²) < 4.78 is 5.34. The lowest BCUT2D eigenvalue weighted by Gasteiger charge is -2.19. The summed E-state index contributed by atoms with van der Waals surface area (Å²) in [6.45, 7) is 3.22. The Morgan fingerprint density at radius 1 is 1.69 bits per heavy atom. The van der Waals surface area contributed by atoms with E-state index in [4.69, 9.17) is 11.2 Å². The van der Waals surface area contributed by atoms with Crippen LogP contribution < -0.4 is 0 Å². The van der Waals surface area contributed by atoms with E-state index in [1.54, 1.807) is 7.11 Å². The molecule has 0 radical (unpaired) electrons. The maximum absolute atomic E-state index is 5.39. The molecule has 1 rings (SSSR count). The summed E-state index contributed by atoms with van der Waals surface area (Å²) in [4.78, 5) is 2.37. The summed E-state index contributed by atoms with van der Waals surface area (Å²) in [6.07, 6.45) is 8.10. The molecule has 0 spiro atoms. The van der Waals surface area contributed by atoms with Gasteiger partial charge in [0.15, 0.2) is 0 Å². The van der Waals surface area contributed by atoms with Crippen molar-refractivity contribution in [1.29, 1.82) is 0 Å². The van der Waals surface area contributed by atoms with Crippen molar-refractivity contribution < 1.29 is 4.74 Å². The SMILES string of the molecule is C#CP(C)CC1CC(OC)CN1C. The molecule has 1 saturated heterocycles. The zero-order chi connectivity index (χ0) is 9.84. The minimum absolute atomic E-state index is 0.209. The molecule has 1 heterocycles. The number of rotatable bonds is 3. The molecule has 0 bridgehead atoms. The average Bonchev–Trinajstić information content (AvgIpc) is 2.47. The topological polar surface area (TPSA) is 12.5 Å². The molecule has 0 aromatic rings. The number of likely N-dealkylation sites (tertiary alicyclic amines) is 1. The summed E-state index contributed by atoms with van der Waals surface area (Å²) in [5.41, 5.74) is 2.84. The zero-order valence-electron chi connectivity index (χ0n) is 8.66. The third-order valence-electron chi connectivity index (χ3n) is 2.69. The van der Waals surface area contributed by atoms with Gasteiger partial charge in [0.1, 0.15) is 0 Å². The number of methoxy groups -OCH3 is 1. The standard InChI is InChI=1S/C10H18NOP/c1-5-13(4)8-9-6-10(12-3)7-11(9)2/h1,9-10H,6-8H2,2-4H3. The van der Waals surface area contributed by atoms with Crippen molar-refractivity contribution in [3.8, 4) is 12.1 Å². The number of nitrogens with zero attached hydrogens (tertiary/aromatic N) is 1. The Morgan fingerprint density at radius 2 is 2.38 bits per heavy atom. The molecule has 1 aliphatic rings. The number of hydrogen-bond donors (Lipinski definition) is 0. The van der Waals surface area contributed by atoms with Crippen LogP contribution in [0.4, 0.5) is 0 Å². The highest BCUT2D eigenvalue weighted by molar-refractivity contribution is 7.62. The monoisotopic (exact) mass is 199 g/mol. The van der Waals surface area contributed by atoms with Crippen molar-refractivity contribution >= 4 is 7.92 Å². The van der Waals surface area contributed by atoms with E-state index in [9.17, 15) is 0 Å². The Balaban J connectivity index is 2.40. The summed E-state index contributed by atoms with van der Waals surface area (Å²) in [5, 5.41) is 0.